The lowest BCUT2D eigenvalue weighted by Gasteiger charge is -2.18. The molecule has 1 saturated heterocycles. The molecular weight excluding hydrogens is 321 g/mol. The summed E-state index contributed by atoms with van der Waals surface area (Å²) < 4.78 is 0. The van der Waals surface area contributed by atoms with Crippen LogP contribution in [-0.2, 0) is 4.79 Å². The van der Waals surface area contributed by atoms with Crippen LogP contribution in [0, 0.1) is 5.92 Å². The van der Waals surface area contributed by atoms with E-state index in [9.17, 15) is 9.59 Å². The number of rotatable bonds is 3. The van der Waals surface area contributed by atoms with Crippen molar-refractivity contribution in [2.24, 2.45) is 5.92 Å². The number of amides is 1. The summed E-state index contributed by atoms with van der Waals surface area (Å²) in [6.07, 6.45) is 0.457. The Hall–Kier alpha value is -1.07. The van der Waals surface area contributed by atoms with Gasteiger partial charge in [0.25, 0.3) is 0 Å². The van der Waals surface area contributed by atoms with Crippen LogP contribution in [0.3, 0.4) is 0 Å². The average Bonchev–Trinajstić information content (AvgIpc) is 2.71. The number of carbonyl (C=O) groups excluding carboxylic acids is 1. The quantitative estimate of drug-likeness (QED) is 0.866. The van der Waals surface area contributed by atoms with E-state index in [1.54, 1.807) is 4.90 Å². The normalized spacial score (nSPS) is 19.3. The number of hydrogen-bond donors (Lipinski definition) is 1. The van der Waals surface area contributed by atoms with Gasteiger partial charge in [0.1, 0.15) is 0 Å². The SMILES string of the molecule is O=C(O)c1ccc(Cl)c(N2CC(CBr)CC2=O)c1. The van der Waals surface area contributed by atoms with Gasteiger partial charge in [0.05, 0.1) is 16.3 Å². The number of halogens is 2. The molecule has 1 amide bonds. The van der Waals surface area contributed by atoms with Crippen molar-refractivity contribution in [1.82, 2.24) is 0 Å². The molecule has 96 valence electrons. The molecule has 0 aromatic heterocycles. The molecule has 1 fully saturated rings. The van der Waals surface area contributed by atoms with Crippen molar-refractivity contribution in [3.05, 3.63) is 28.8 Å². The second kappa shape index (κ2) is 5.28. The van der Waals surface area contributed by atoms with Gasteiger partial charge in [-0.15, -0.1) is 0 Å². The molecule has 1 aliphatic heterocycles. The van der Waals surface area contributed by atoms with Gasteiger partial charge in [-0.1, -0.05) is 27.5 Å². The minimum absolute atomic E-state index is 0.0242. The van der Waals surface area contributed by atoms with E-state index in [-0.39, 0.29) is 17.4 Å². The van der Waals surface area contributed by atoms with Crippen LogP contribution in [0.5, 0.6) is 0 Å². The van der Waals surface area contributed by atoms with Crippen LogP contribution in [0.15, 0.2) is 18.2 Å². The fourth-order valence-electron chi connectivity index (χ4n) is 1.97. The smallest absolute Gasteiger partial charge is 0.335 e. The Morgan fingerprint density at radius 2 is 2.28 bits per heavy atom. The molecule has 1 heterocycles. The van der Waals surface area contributed by atoms with Gasteiger partial charge >= 0.3 is 5.97 Å². The predicted octanol–water partition coefficient (Wildman–Crippen LogP) is 2.79. The van der Waals surface area contributed by atoms with Gasteiger partial charge in [-0.25, -0.2) is 4.79 Å². The first-order chi connectivity index (χ1) is 8.52. The van der Waals surface area contributed by atoms with E-state index in [0.717, 1.165) is 5.33 Å². The Morgan fingerprint density at radius 1 is 1.56 bits per heavy atom. The third-order valence-electron chi connectivity index (χ3n) is 2.91. The first kappa shape index (κ1) is 13.4. The Balaban J connectivity index is 2.35. The van der Waals surface area contributed by atoms with Crippen LogP contribution >= 0.6 is 27.5 Å². The number of aromatic carboxylic acids is 1. The molecule has 1 N–H and O–H groups in total. The summed E-state index contributed by atoms with van der Waals surface area (Å²) >= 11 is 9.39. The summed E-state index contributed by atoms with van der Waals surface area (Å²) in [7, 11) is 0. The summed E-state index contributed by atoms with van der Waals surface area (Å²) in [4.78, 5) is 24.4. The van der Waals surface area contributed by atoms with Crippen molar-refractivity contribution >= 4 is 45.1 Å². The second-order valence-corrected chi connectivity index (χ2v) is 5.25. The first-order valence-electron chi connectivity index (χ1n) is 5.42. The molecule has 0 aliphatic carbocycles. The summed E-state index contributed by atoms with van der Waals surface area (Å²) in [5.41, 5.74) is 0.606. The van der Waals surface area contributed by atoms with Crippen LogP contribution in [0.1, 0.15) is 16.8 Å². The third-order valence-corrected chi connectivity index (χ3v) is 4.14. The third kappa shape index (κ3) is 2.52. The number of anilines is 1. The van der Waals surface area contributed by atoms with E-state index in [1.165, 1.54) is 18.2 Å². The molecule has 1 aliphatic rings. The summed E-state index contributed by atoms with van der Waals surface area (Å²) in [6, 6.07) is 4.38. The Kier molecular flexibility index (Phi) is 3.92. The van der Waals surface area contributed by atoms with Gasteiger partial charge in [0.15, 0.2) is 0 Å². The topological polar surface area (TPSA) is 57.6 Å². The Morgan fingerprint density at radius 3 is 2.83 bits per heavy atom. The van der Waals surface area contributed by atoms with Crippen LogP contribution in [0.2, 0.25) is 5.02 Å². The maximum absolute atomic E-state index is 11.9. The zero-order valence-corrected chi connectivity index (χ0v) is 11.7. The fraction of sp³-hybridized carbons (Fsp3) is 0.333. The summed E-state index contributed by atoms with van der Waals surface area (Å²) in [6.45, 7) is 0.562. The van der Waals surface area contributed by atoms with Gasteiger partial charge in [0.2, 0.25) is 5.91 Å². The maximum atomic E-state index is 11.9. The molecule has 0 saturated carbocycles. The number of carbonyl (C=O) groups is 2. The maximum Gasteiger partial charge on any atom is 0.335 e. The van der Waals surface area contributed by atoms with Crippen LogP contribution in [0.4, 0.5) is 5.69 Å². The number of nitrogens with zero attached hydrogens (tertiary/aromatic N) is 1. The zero-order valence-electron chi connectivity index (χ0n) is 9.40. The first-order valence-corrected chi connectivity index (χ1v) is 6.92. The minimum Gasteiger partial charge on any atom is -0.478 e. The molecule has 0 bridgehead atoms. The molecular formula is C12H11BrClNO3. The van der Waals surface area contributed by atoms with E-state index in [0.29, 0.717) is 23.7 Å². The highest BCUT2D eigenvalue weighted by atomic mass is 79.9. The molecule has 1 aromatic rings. The van der Waals surface area contributed by atoms with E-state index < -0.39 is 5.97 Å². The van der Waals surface area contributed by atoms with E-state index in [4.69, 9.17) is 16.7 Å². The predicted molar refractivity (Wildman–Crippen MR) is 72.7 cm³/mol. The number of carboxylic acids is 1. The Labute approximate surface area is 118 Å². The molecule has 1 aromatic carbocycles. The monoisotopic (exact) mass is 331 g/mol. The molecule has 1 atom stereocenters. The molecule has 1 unspecified atom stereocenters. The van der Waals surface area contributed by atoms with Gasteiger partial charge in [-0.2, -0.15) is 0 Å². The van der Waals surface area contributed by atoms with Crippen molar-refractivity contribution in [2.45, 2.75) is 6.42 Å². The number of alkyl halides is 1. The van der Waals surface area contributed by atoms with Crippen molar-refractivity contribution in [2.75, 3.05) is 16.8 Å². The summed E-state index contributed by atoms with van der Waals surface area (Å²) in [5.74, 6) is -0.817. The number of carboxylic acid groups (broad SMARTS) is 1. The molecule has 2 rings (SSSR count). The van der Waals surface area contributed by atoms with Gasteiger partial charge < -0.3 is 10.0 Å². The lowest BCUT2D eigenvalue weighted by molar-refractivity contribution is -0.117. The van der Waals surface area contributed by atoms with Crippen LogP contribution in [-0.4, -0.2) is 28.9 Å². The number of hydrogen-bond acceptors (Lipinski definition) is 2. The highest BCUT2D eigenvalue weighted by Crippen LogP contribution is 2.32. The van der Waals surface area contributed by atoms with E-state index in [2.05, 4.69) is 15.9 Å². The van der Waals surface area contributed by atoms with Crippen molar-refractivity contribution in [3.8, 4) is 0 Å². The number of benzene rings is 1. The zero-order chi connectivity index (χ0) is 13.3. The molecule has 6 heteroatoms. The average molecular weight is 333 g/mol. The largest absolute Gasteiger partial charge is 0.478 e. The molecule has 0 radical (unpaired) electrons. The van der Waals surface area contributed by atoms with Crippen molar-refractivity contribution in [3.63, 3.8) is 0 Å². The van der Waals surface area contributed by atoms with Crippen molar-refractivity contribution < 1.29 is 14.7 Å². The van der Waals surface area contributed by atoms with Crippen molar-refractivity contribution in [1.29, 1.82) is 0 Å². The lowest BCUT2D eigenvalue weighted by atomic mass is 10.1. The van der Waals surface area contributed by atoms with Crippen LogP contribution in [0.25, 0.3) is 0 Å². The minimum atomic E-state index is -1.03. The summed E-state index contributed by atoms with van der Waals surface area (Å²) in [5, 5.41) is 10.1. The fourth-order valence-corrected chi connectivity index (χ4v) is 2.62. The van der Waals surface area contributed by atoms with E-state index in [1.807, 2.05) is 0 Å². The van der Waals surface area contributed by atoms with Crippen LogP contribution < -0.4 is 4.90 Å². The molecule has 18 heavy (non-hydrogen) atoms. The lowest BCUT2D eigenvalue weighted by Crippen LogP contribution is -2.25. The van der Waals surface area contributed by atoms with Gasteiger partial charge in [0, 0.05) is 18.3 Å². The standard InChI is InChI=1S/C12H11BrClNO3/c13-5-7-3-11(16)15(6-7)10-4-8(12(17)18)1-2-9(10)14/h1-2,4,7H,3,5-6H2,(H,17,18). The highest BCUT2D eigenvalue weighted by molar-refractivity contribution is 9.09. The second-order valence-electron chi connectivity index (χ2n) is 4.20. The molecule has 0 spiro atoms. The Bertz CT molecular complexity index is 506. The van der Waals surface area contributed by atoms with Gasteiger partial charge in [-0.3, -0.25) is 4.79 Å². The van der Waals surface area contributed by atoms with Gasteiger partial charge in [-0.05, 0) is 24.1 Å². The molecule has 4 nitrogen and oxygen atoms in total. The van der Waals surface area contributed by atoms with E-state index >= 15 is 0 Å². The highest BCUT2D eigenvalue weighted by Gasteiger charge is 2.31.